The SMILES string of the molecule is COc1ccc(/C=C/c2cc(/C=C/c3ccc4cc[nH]c4c3)n[nH]2)cc1OCc1ccccn1. The molecule has 0 atom stereocenters. The van der Waals surface area contributed by atoms with Gasteiger partial charge in [-0.1, -0.05) is 36.4 Å². The molecule has 0 saturated heterocycles. The zero-order chi connectivity index (χ0) is 23.2. The highest BCUT2D eigenvalue weighted by Crippen LogP contribution is 2.29. The van der Waals surface area contributed by atoms with E-state index in [4.69, 9.17) is 9.47 Å². The summed E-state index contributed by atoms with van der Waals surface area (Å²) in [6.07, 6.45) is 11.7. The van der Waals surface area contributed by atoms with Gasteiger partial charge in [-0.25, -0.2) is 0 Å². The van der Waals surface area contributed by atoms with E-state index in [0.717, 1.165) is 33.7 Å². The van der Waals surface area contributed by atoms with Gasteiger partial charge in [0.25, 0.3) is 0 Å². The van der Waals surface area contributed by atoms with Crippen molar-refractivity contribution >= 4 is 35.2 Å². The second-order valence-corrected chi connectivity index (χ2v) is 7.76. The van der Waals surface area contributed by atoms with Crippen LogP contribution in [-0.2, 0) is 6.61 Å². The van der Waals surface area contributed by atoms with Crippen LogP contribution in [0.4, 0.5) is 0 Å². The summed E-state index contributed by atoms with van der Waals surface area (Å²) >= 11 is 0. The van der Waals surface area contributed by atoms with E-state index in [1.165, 1.54) is 5.39 Å². The molecule has 168 valence electrons. The van der Waals surface area contributed by atoms with Crippen LogP contribution in [0, 0.1) is 0 Å². The third-order valence-electron chi connectivity index (χ3n) is 5.39. The lowest BCUT2D eigenvalue weighted by molar-refractivity contribution is 0.280. The van der Waals surface area contributed by atoms with Crippen molar-refractivity contribution in [2.75, 3.05) is 7.11 Å². The molecule has 5 rings (SSSR count). The molecule has 0 saturated carbocycles. The topological polar surface area (TPSA) is 75.8 Å². The Morgan fingerprint density at radius 2 is 1.74 bits per heavy atom. The van der Waals surface area contributed by atoms with E-state index in [0.29, 0.717) is 18.1 Å². The number of H-pyrrole nitrogens is 2. The lowest BCUT2D eigenvalue weighted by Gasteiger charge is -2.11. The Morgan fingerprint density at radius 1 is 0.853 bits per heavy atom. The van der Waals surface area contributed by atoms with Crippen molar-refractivity contribution in [1.29, 1.82) is 0 Å². The van der Waals surface area contributed by atoms with Crippen LogP contribution < -0.4 is 9.47 Å². The van der Waals surface area contributed by atoms with Gasteiger partial charge in [-0.15, -0.1) is 0 Å². The Labute approximate surface area is 197 Å². The molecule has 34 heavy (non-hydrogen) atoms. The molecule has 0 spiro atoms. The summed E-state index contributed by atoms with van der Waals surface area (Å²) in [4.78, 5) is 7.53. The van der Waals surface area contributed by atoms with Crippen molar-refractivity contribution < 1.29 is 9.47 Å². The molecule has 0 aliphatic heterocycles. The molecule has 3 heterocycles. The van der Waals surface area contributed by atoms with E-state index >= 15 is 0 Å². The van der Waals surface area contributed by atoms with E-state index in [1.54, 1.807) is 13.3 Å². The van der Waals surface area contributed by atoms with Crippen molar-refractivity contribution in [1.82, 2.24) is 20.2 Å². The fraction of sp³-hybridized carbons (Fsp3) is 0.0714. The van der Waals surface area contributed by atoms with Crippen LogP contribution >= 0.6 is 0 Å². The van der Waals surface area contributed by atoms with Crippen molar-refractivity contribution in [3.05, 3.63) is 107 Å². The standard InChI is InChI=1S/C28H24N4O2/c1-33-27-12-8-21(17-28(27)34-19-25-4-2-3-14-29-25)7-11-24-18-23(31-32-24)10-6-20-5-9-22-13-15-30-26(22)16-20/h2-18,30H,19H2,1H3,(H,31,32)/b10-6+,11-7+. The number of nitrogens with zero attached hydrogens (tertiary/aromatic N) is 2. The van der Waals surface area contributed by atoms with Crippen molar-refractivity contribution in [3.8, 4) is 11.5 Å². The number of fused-ring (bicyclic) bond motifs is 1. The first-order valence-corrected chi connectivity index (χ1v) is 11.0. The maximum Gasteiger partial charge on any atom is 0.162 e. The predicted molar refractivity (Wildman–Crippen MR) is 136 cm³/mol. The van der Waals surface area contributed by atoms with Crippen LogP contribution in [0.25, 0.3) is 35.2 Å². The Morgan fingerprint density at radius 3 is 2.62 bits per heavy atom. The number of benzene rings is 2. The molecule has 6 nitrogen and oxygen atoms in total. The van der Waals surface area contributed by atoms with Gasteiger partial charge in [0, 0.05) is 17.9 Å². The van der Waals surface area contributed by atoms with Crippen LogP contribution in [0.15, 0.2) is 79.1 Å². The number of rotatable bonds is 8. The summed E-state index contributed by atoms with van der Waals surface area (Å²) in [6, 6.07) is 22.0. The third kappa shape index (κ3) is 5.07. The van der Waals surface area contributed by atoms with Gasteiger partial charge in [-0.2, -0.15) is 5.10 Å². The summed E-state index contributed by atoms with van der Waals surface area (Å²) in [5.74, 6) is 1.35. The summed E-state index contributed by atoms with van der Waals surface area (Å²) in [7, 11) is 1.63. The van der Waals surface area contributed by atoms with Gasteiger partial charge in [0.2, 0.25) is 0 Å². The quantitative estimate of drug-likeness (QED) is 0.296. The molecular formula is C28H24N4O2. The molecule has 0 fully saturated rings. The number of pyridine rings is 1. The minimum Gasteiger partial charge on any atom is -0.493 e. The Kier molecular flexibility index (Phi) is 6.21. The number of aromatic nitrogens is 4. The molecular weight excluding hydrogens is 424 g/mol. The number of hydrogen-bond donors (Lipinski definition) is 2. The lowest BCUT2D eigenvalue weighted by atomic mass is 10.1. The Balaban J connectivity index is 1.26. The minimum absolute atomic E-state index is 0.372. The first-order valence-electron chi connectivity index (χ1n) is 11.0. The number of aromatic amines is 2. The zero-order valence-electron chi connectivity index (χ0n) is 18.7. The van der Waals surface area contributed by atoms with Crippen molar-refractivity contribution in [2.45, 2.75) is 6.61 Å². The Hall–Kier alpha value is -4.58. The second-order valence-electron chi connectivity index (χ2n) is 7.76. The van der Waals surface area contributed by atoms with Gasteiger partial charge >= 0.3 is 0 Å². The summed E-state index contributed by atoms with van der Waals surface area (Å²) < 4.78 is 11.4. The van der Waals surface area contributed by atoms with Crippen LogP contribution in [0.1, 0.15) is 28.2 Å². The summed E-state index contributed by atoms with van der Waals surface area (Å²) in [5.41, 5.74) is 5.85. The van der Waals surface area contributed by atoms with Crippen molar-refractivity contribution in [2.24, 2.45) is 0 Å². The molecule has 0 aliphatic carbocycles. The first kappa shape index (κ1) is 21.3. The van der Waals surface area contributed by atoms with Gasteiger partial charge in [0.1, 0.15) is 6.61 Å². The Bertz CT molecular complexity index is 1450. The van der Waals surface area contributed by atoms with Crippen LogP contribution in [0.3, 0.4) is 0 Å². The normalized spacial score (nSPS) is 11.6. The van der Waals surface area contributed by atoms with Crippen molar-refractivity contribution in [3.63, 3.8) is 0 Å². The van der Waals surface area contributed by atoms with E-state index in [1.807, 2.05) is 66.9 Å². The molecule has 0 aliphatic rings. The maximum absolute atomic E-state index is 5.95. The van der Waals surface area contributed by atoms with E-state index < -0.39 is 0 Å². The van der Waals surface area contributed by atoms with Gasteiger partial charge in [0.05, 0.1) is 24.2 Å². The monoisotopic (exact) mass is 448 g/mol. The smallest absolute Gasteiger partial charge is 0.162 e. The number of nitrogens with one attached hydrogen (secondary N) is 2. The van der Waals surface area contributed by atoms with Gasteiger partial charge in [0.15, 0.2) is 11.5 Å². The zero-order valence-corrected chi connectivity index (χ0v) is 18.7. The predicted octanol–water partition coefficient (Wildman–Crippen LogP) is 6.21. The molecule has 0 unspecified atom stereocenters. The largest absolute Gasteiger partial charge is 0.493 e. The van der Waals surface area contributed by atoms with Crippen LogP contribution in [0.2, 0.25) is 0 Å². The summed E-state index contributed by atoms with van der Waals surface area (Å²) in [6.45, 7) is 0.372. The van der Waals surface area contributed by atoms with E-state index in [9.17, 15) is 0 Å². The average Bonchev–Trinajstić information content (AvgIpc) is 3.54. The highest BCUT2D eigenvalue weighted by molar-refractivity contribution is 5.83. The fourth-order valence-electron chi connectivity index (χ4n) is 3.61. The van der Waals surface area contributed by atoms with Crippen LogP contribution in [-0.4, -0.2) is 27.3 Å². The third-order valence-corrected chi connectivity index (χ3v) is 5.39. The minimum atomic E-state index is 0.372. The molecule has 3 aromatic heterocycles. The highest BCUT2D eigenvalue weighted by atomic mass is 16.5. The van der Waals surface area contributed by atoms with E-state index in [-0.39, 0.29) is 0 Å². The molecule has 2 N–H and O–H groups in total. The average molecular weight is 449 g/mol. The maximum atomic E-state index is 5.95. The molecule has 5 aromatic rings. The van der Waals surface area contributed by atoms with Gasteiger partial charge < -0.3 is 14.5 Å². The molecule has 0 radical (unpaired) electrons. The highest BCUT2D eigenvalue weighted by Gasteiger charge is 2.06. The fourth-order valence-corrected chi connectivity index (χ4v) is 3.61. The van der Waals surface area contributed by atoms with E-state index in [2.05, 4.69) is 50.5 Å². The number of ether oxygens (including phenoxy) is 2. The molecule has 2 aromatic carbocycles. The van der Waals surface area contributed by atoms with Gasteiger partial charge in [-0.3, -0.25) is 10.1 Å². The number of hydrogen-bond acceptors (Lipinski definition) is 4. The summed E-state index contributed by atoms with van der Waals surface area (Å²) in [5, 5.41) is 8.65. The second kappa shape index (κ2) is 9.92. The molecule has 6 heteroatoms. The van der Waals surface area contributed by atoms with Crippen LogP contribution in [0.5, 0.6) is 11.5 Å². The van der Waals surface area contributed by atoms with Gasteiger partial charge in [-0.05, 0) is 71.1 Å². The number of methoxy groups -OCH3 is 1. The molecule has 0 amide bonds. The molecule has 0 bridgehead atoms. The lowest BCUT2D eigenvalue weighted by Crippen LogP contribution is -1.99. The first-order chi connectivity index (χ1) is 16.8.